The summed E-state index contributed by atoms with van der Waals surface area (Å²) in [7, 11) is 0. The monoisotopic (exact) mass is 422 g/mol. The number of anilines is 1. The summed E-state index contributed by atoms with van der Waals surface area (Å²) in [5, 5.41) is 18.9. The van der Waals surface area contributed by atoms with Gasteiger partial charge in [0.25, 0.3) is 5.91 Å². The first-order chi connectivity index (χ1) is 14.9. The van der Waals surface area contributed by atoms with Crippen molar-refractivity contribution in [1.29, 1.82) is 5.26 Å². The molecule has 2 heterocycles. The zero-order valence-electron chi connectivity index (χ0n) is 17.2. The Labute approximate surface area is 179 Å². The van der Waals surface area contributed by atoms with Crippen LogP contribution in [-0.2, 0) is 14.3 Å². The van der Waals surface area contributed by atoms with E-state index in [4.69, 9.17) is 14.2 Å². The molecule has 2 aromatic rings. The van der Waals surface area contributed by atoms with E-state index in [9.17, 15) is 20.0 Å². The minimum absolute atomic E-state index is 0.0567. The summed E-state index contributed by atoms with van der Waals surface area (Å²) in [5.41, 5.74) is 2.21. The molecule has 8 heteroatoms. The molecule has 0 fully saturated rings. The van der Waals surface area contributed by atoms with Gasteiger partial charge in [-0.15, -0.1) is 0 Å². The molecule has 31 heavy (non-hydrogen) atoms. The average molecular weight is 422 g/mol. The first kappa shape index (κ1) is 20.7. The number of aliphatic carboxylic acids is 1. The zero-order chi connectivity index (χ0) is 22.1. The predicted octanol–water partition coefficient (Wildman–Crippen LogP) is 3.24. The van der Waals surface area contributed by atoms with Gasteiger partial charge in [0.1, 0.15) is 12.2 Å². The third-order valence-electron chi connectivity index (χ3n) is 5.19. The standard InChI is InChI=1S/C23H22N2O6/c1-13(2)11-25-17-7-6-14(10-24)8-16(17)21(31-19(23(25)28)9-20(26)27)15-4-3-5-18-22(15)30-12-29-18/h3-8,13,19,21H,9,11-12H2,1-2H3,(H,26,27)/t19-,21-/m1/s1. The maximum Gasteiger partial charge on any atom is 0.306 e. The van der Waals surface area contributed by atoms with Crippen LogP contribution in [0.2, 0.25) is 0 Å². The quantitative estimate of drug-likeness (QED) is 0.788. The highest BCUT2D eigenvalue weighted by atomic mass is 16.7. The van der Waals surface area contributed by atoms with Gasteiger partial charge in [0.15, 0.2) is 11.5 Å². The Morgan fingerprint density at radius 1 is 1.26 bits per heavy atom. The number of carboxylic acid groups (broad SMARTS) is 1. The Kier molecular flexibility index (Phi) is 5.53. The number of hydrogen-bond acceptors (Lipinski definition) is 6. The van der Waals surface area contributed by atoms with Gasteiger partial charge in [-0.3, -0.25) is 9.59 Å². The van der Waals surface area contributed by atoms with Gasteiger partial charge in [-0.25, -0.2) is 0 Å². The van der Waals surface area contributed by atoms with E-state index in [1.165, 1.54) is 0 Å². The van der Waals surface area contributed by atoms with Crippen molar-refractivity contribution in [2.24, 2.45) is 5.92 Å². The number of nitrogens with zero attached hydrogens (tertiary/aromatic N) is 2. The van der Waals surface area contributed by atoms with E-state index in [1.807, 2.05) is 13.8 Å². The number of carbonyl (C=O) groups is 2. The Hall–Kier alpha value is -3.57. The van der Waals surface area contributed by atoms with Crippen LogP contribution in [0.3, 0.4) is 0 Å². The molecule has 2 atom stereocenters. The van der Waals surface area contributed by atoms with Crippen molar-refractivity contribution in [1.82, 2.24) is 0 Å². The third kappa shape index (κ3) is 3.92. The largest absolute Gasteiger partial charge is 0.481 e. The molecule has 1 N–H and O–H groups in total. The van der Waals surface area contributed by atoms with Crippen molar-refractivity contribution in [3.63, 3.8) is 0 Å². The second-order valence-electron chi connectivity index (χ2n) is 7.91. The van der Waals surface area contributed by atoms with Crippen LogP contribution in [0, 0.1) is 17.2 Å². The van der Waals surface area contributed by atoms with Crippen LogP contribution in [0.5, 0.6) is 11.5 Å². The molecule has 2 aromatic carbocycles. The molecule has 1 amide bonds. The van der Waals surface area contributed by atoms with E-state index in [1.54, 1.807) is 41.3 Å². The number of rotatable bonds is 5. The number of hydrogen-bond donors (Lipinski definition) is 1. The predicted molar refractivity (Wildman–Crippen MR) is 110 cm³/mol. The lowest BCUT2D eigenvalue weighted by Crippen LogP contribution is -2.42. The number of ether oxygens (including phenoxy) is 3. The van der Waals surface area contributed by atoms with Crippen molar-refractivity contribution in [2.45, 2.75) is 32.5 Å². The van der Waals surface area contributed by atoms with Gasteiger partial charge >= 0.3 is 5.97 Å². The first-order valence-corrected chi connectivity index (χ1v) is 10.00. The smallest absolute Gasteiger partial charge is 0.306 e. The van der Waals surface area contributed by atoms with E-state index in [-0.39, 0.29) is 12.7 Å². The maximum atomic E-state index is 13.4. The summed E-state index contributed by atoms with van der Waals surface area (Å²) < 4.78 is 17.3. The Morgan fingerprint density at radius 2 is 2.06 bits per heavy atom. The number of para-hydroxylation sites is 1. The van der Waals surface area contributed by atoms with Crippen LogP contribution in [-0.4, -0.2) is 36.4 Å². The summed E-state index contributed by atoms with van der Waals surface area (Å²) >= 11 is 0. The lowest BCUT2D eigenvalue weighted by Gasteiger charge is -2.26. The highest BCUT2D eigenvalue weighted by Crippen LogP contribution is 2.46. The molecular weight excluding hydrogens is 400 g/mol. The van der Waals surface area contributed by atoms with E-state index in [2.05, 4.69) is 6.07 Å². The van der Waals surface area contributed by atoms with Crippen LogP contribution in [0.4, 0.5) is 5.69 Å². The number of amides is 1. The van der Waals surface area contributed by atoms with Gasteiger partial charge in [0, 0.05) is 23.4 Å². The molecule has 0 saturated heterocycles. The molecule has 2 aliphatic rings. The number of carboxylic acids is 1. The Bertz CT molecular complexity index is 1070. The Balaban J connectivity index is 1.92. The van der Waals surface area contributed by atoms with Crippen molar-refractivity contribution in [2.75, 3.05) is 18.2 Å². The molecule has 0 saturated carbocycles. The molecule has 0 unspecified atom stereocenters. The summed E-state index contributed by atoms with van der Waals surface area (Å²) in [4.78, 5) is 26.4. The minimum Gasteiger partial charge on any atom is -0.481 e. The van der Waals surface area contributed by atoms with Gasteiger partial charge in [-0.2, -0.15) is 5.26 Å². The van der Waals surface area contributed by atoms with Crippen molar-refractivity contribution in [3.05, 3.63) is 53.1 Å². The molecule has 8 nitrogen and oxygen atoms in total. The molecule has 0 bridgehead atoms. The molecule has 2 aliphatic heterocycles. The number of carbonyl (C=O) groups excluding carboxylic acids is 1. The van der Waals surface area contributed by atoms with Crippen molar-refractivity contribution in [3.8, 4) is 17.6 Å². The second-order valence-corrected chi connectivity index (χ2v) is 7.91. The zero-order valence-corrected chi connectivity index (χ0v) is 17.2. The first-order valence-electron chi connectivity index (χ1n) is 10.00. The average Bonchev–Trinajstić information content (AvgIpc) is 3.19. The normalized spacial score (nSPS) is 19.7. The van der Waals surface area contributed by atoms with E-state index < -0.39 is 30.5 Å². The van der Waals surface area contributed by atoms with Crippen LogP contribution in [0.25, 0.3) is 0 Å². The number of fused-ring (bicyclic) bond motifs is 2. The van der Waals surface area contributed by atoms with Gasteiger partial charge in [-0.05, 0) is 30.2 Å². The summed E-state index contributed by atoms with van der Waals surface area (Å²) in [6, 6.07) is 12.5. The molecule has 4 rings (SSSR count). The molecule has 0 aliphatic carbocycles. The maximum absolute atomic E-state index is 13.4. The van der Waals surface area contributed by atoms with Gasteiger partial charge < -0.3 is 24.2 Å². The van der Waals surface area contributed by atoms with E-state index in [0.717, 1.165) is 0 Å². The fourth-order valence-electron chi connectivity index (χ4n) is 3.92. The highest BCUT2D eigenvalue weighted by molar-refractivity contribution is 5.99. The highest BCUT2D eigenvalue weighted by Gasteiger charge is 2.39. The molecule has 0 aromatic heterocycles. The van der Waals surface area contributed by atoms with Crippen LogP contribution in [0.15, 0.2) is 36.4 Å². The minimum atomic E-state index is -1.20. The second kappa shape index (κ2) is 8.28. The summed E-state index contributed by atoms with van der Waals surface area (Å²) in [6.45, 7) is 4.39. The van der Waals surface area contributed by atoms with Crippen LogP contribution >= 0.6 is 0 Å². The lowest BCUT2D eigenvalue weighted by atomic mass is 9.96. The molecular formula is C23H22N2O6. The van der Waals surface area contributed by atoms with Crippen LogP contribution in [0.1, 0.15) is 43.1 Å². The summed E-state index contributed by atoms with van der Waals surface area (Å²) in [5.74, 6) is -0.396. The number of benzene rings is 2. The van der Waals surface area contributed by atoms with Gasteiger partial charge in [0.05, 0.1) is 18.1 Å². The number of nitriles is 1. The summed E-state index contributed by atoms with van der Waals surface area (Å²) in [6.07, 6.45) is -2.49. The van der Waals surface area contributed by atoms with Gasteiger partial charge in [-0.1, -0.05) is 26.0 Å². The Morgan fingerprint density at radius 3 is 2.77 bits per heavy atom. The molecule has 160 valence electrons. The molecule has 0 spiro atoms. The van der Waals surface area contributed by atoms with Gasteiger partial charge in [0.2, 0.25) is 6.79 Å². The van der Waals surface area contributed by atoms with E-state index >= 15 is 0 Å². The third-order valence-corrected chi connectivity index (χ3v) is 5.19. The fraction of sp³-hybridized carbons (Fsp3) is 0.348. The fourth-order valence-corrected chi connectivity index (χ4v) is 3.92. The SMILES string of the molecule is CC(C)CN1C(=O)[C@@H](CC(=O)O)O[C@H](c2cccc3c2OCO3)c2cc(C#N)ccc21. The lowest BCUT2D eigenvalue weighted by molar-refractivity contribution is -0.147. The molecule has 0 radical (unpaired) electrons. The van der Waals surface area contributed by atoms with Crippen LogP contribution < -0.4 is 14.4 Å². The van der Waals surface area contributed by atoms with Crippen molar-refractivity contribution < 1.29 is 28.9 Å². The topological polar surface area (TPSA) is 109 Å². The van der Waals surface area contributed by atoms with Crippen molar-refractivity contribution >= 4 is 17.6 Å². The van der Waals surface area contributed by atoms with E-state index in [0.29, 0.717) is 40.4 Å².